The van der Waals surface area contributed by atoms with Crippen molar-refractivity contribution in [3.8, 4) is 79.4 Å². The molecule has 0 radical (unpaired) electrons. The van der Waals surface area contributed by atoms with E-state index in [0.29, 0.717) is 11.1 Å². The number of nitriles is 2. The predicted octanol–water partition coefficient (Wildman–Crippen LogP) is 15.1. The molecule has 12 rings (SSSR count). The maximum atomic E-state index is 11.1. The molecule has 4 aromatic heterocycles. The van der Waals surface area contributed by atoms with Crippen molar-refractivity contribution in [1.82, 2.24) is 19.1 Å². The summed E-state index contributed by atoms with van der Waals surface area (Å²) in [5.74, 6) is 0. The fraction of sp³-hybridized carbons (Fsp3) is 0.0164. The second-order valence-corrected chi connectivity index (χ2v) is 17.0. The average Bonchev–Trinajstić information content (AvgIpc) is 3.90. The molecule has 0 saturated heterocycles. The summed E-state index contributed by atoms with van der Waals surface area (Å²) in [6.07, 6.45) is 3.90. The first-order chi connectivity index (χ1) is 33.0. The second-order valence-electron chi connectivity index (χ2n) is 17.0. The highest BCUT2D eigenvalue weighted by atomic mass is 15.1. The van der Waals surface area contributed by atoms with E-state index in [-0.39, 0.29) is 0 Å². The summed E-state index contributed by atoms with van der Waals surface area (Å²) >= 11 is 0. The van der Waals surface area contributed by atoms with E-state index >= 15 is 0 Å². The summed E-state index contributed by atoms with van der Waals surface area (Å²) in [5, 5.41) is 25.6. The fourth-order valence-electron chi connectivity index (χ4n) is 9.78. The van der Waals surface area contributed by atoms with Gasteiger partial charge in [0, 0.05) is 61.8 Å². The van der Waals surface area contributed by atoms with E-state index in [1.165, 1.54) is 0 Å². The Morgan fingerprint density at radius 3 is 1.34 bits per heavy atom. The second kappa shape index (κ2) is 16.0. The number of rotatable bonds is 7. The van der Waals surface area contributed by atoms with Crippen LogP contribution in [-0.2, 0) is 0 Å². The quantitative estimate of drug-likeness (QED) is 0.160. The van der Waals surface area contributed by atoms with Crippen molar-refractivity contribution in [2.24, 2.45) is 0 Å². The summed E-state index contributed by atoms with van der Waals surface area (Å²) in [5.41, 5.74) is 17.3. The first kappa shape index (κ1) is 39.2. The third-order valence-electron chi connectivity index (χ3n) is 12.9. The highest BCUT2D eigenvalue weighted by Gasteiger charge is 2.23. The van der Waals surface area contributed by atoms with Gasteiger partial charge in [0.1, 0.15) is 0 Å². The number of nitrogens with zero attached hydrogens (tertiary/aromatic N) is 6. The molecular weight excluding hydrogens is 817 g/mol. The van der Waals surface area contributed by atoms with Gasteiger partial charge in [-0.1, -0.05) is 140 Å². The molecule has 6 nitrogen and oxygen atoms in total. The van der Waals surface area contributed by atoms with E-state index in [1.54, 1.807) is 0 Å². The van der Waals surface area contributed by atoms with Crippen molar-refractivity contribution in [3.63, 3.8) is 0 Å². The topological polar surface area (TPSA) is 83.2 Å². The minimum Gasteiger partial charge on any atom is -0.307 e. The lowest BCUT2D eigenvalue weighted by atomic mass is 9.95. The molecule has 0 spiro atoms. The molecule has 0 bridgehead atoms. The summed E-state index contributed by atoms with van der Waals surface area (Å²) in [6.45, 7) is 1.99. The summed E-state index contributed by atoms with van der Waals surface area (Å²) < 4.78 is 4.66. The standard InChI is InChI=1S/C61H38N6/c1-39-28-40(35-62)30-47(29-39)53-34-61(67-57-19-11-9-17-50(57)52-25-21-44(32-59(52)67)46-23-27-55(65-38-46)42-14-6-3-7-15-42)60(33-48(53)36-63)66-56-18-10-8-16-49(56)51-24-20-43(31-58(51)66)45-22-26-54(64-37-45)41-12-4-2-5-13-41/h2-34,37-38H,1H3. The Morgan fingerprint density at radius 2 is 0.851 bits per heavy atom. The lowest BCUT2D eigenvalue weighted by Crippen LogP contribution is -2.06. The number of para-hydroxylation sites is 2. The van der Waals surface area contributed by atoms with Gasteiger partial charge in [-0.25, -0.2) is 0 Å². The van der Waals surface area contributed by atoms with E-state index in [2.05, 4.69) is 167 Å². The normalized spacial score (nSPS) is 11.3. The van der Waals surface area contributed by atoms with Gasteiger partial charge < -0.3 is 9.13 Å². The van der Waals surface area contributed by atoms with Gasteiger partial charge in [-0.3, -0.25) is 9.97 Å². The summed E-state index contributed by atoms with van der Waals surface area (Å²) in [4.78, 5) is 9.79. The largest absolute Gasteiger partial charge is 0.307 e. The number of aryl methyl sites for hydroxylation is 1. The van der Waals surface area contributed by atoms with E-state index in [9.17, 15) is 10.5 Å². The predicted molar refractivity (Wildman–Crippen MR) is 272 cm³/mol. The summed E-state index contributed by atoms with van der Waals surface area (Å²) in [7, 11) is 0. The Hall–Kier alpha value is -9.36. The van der Waals surface area contributed by atoms with Crippen LogP contribution in [0.4, 0.5) is 0 Å². The van der Waals surface area contributed by atoms with Crippen LogP contribution in [0.5, 0.6) is 0 Å². The van der Waals surface area contributed by atoms with Gasteiger partial charge in [-0.2, -0.15) is 10.5 Å². The van der Waals surface area contributed by atoms with Crippen molar-refractivity contribution in [2.75, 3.05) is 0 Å². The minimum atomic E-state index is 0.502. The zero-order valence-corrected chi connectivity index (χ0v) is 36.4. The zero-order chi connectivity index (χ0) is 45.0. The summed E-state index contributed by atoms with van der Waals surface area (Å²) in [6, 6.07) is 74.0. The molecule has 312 valence electrons. The molecule has 0 aliphatic heterocycles. The van der Waals surface area contributed by atoms with Gasteiger partial charge in [-0.15, -0.1) is 0 Å². The van der Waals surface area contributed by atoms with Crippen LogP contribution in [0.15, 0.2) is 213 Å². The molecule has 0 saturated carbocycles. The third kappa shape index (κ3) is 6.72. The van der Waals surface area contributed by atoms with Gasteiger partial charge in [0.05, 0.1) is 68.1 Å². The van der Waals surface area contributed by atoms with Crippen molar-refractivity contribution in [2.45, 2.75) is 6.92 Å². The lowest BCUT2D eigenvalue weighted by molar-refractivity contribution is 1.09. The Morgan fingerprint density at radius 1 is 0.373 bits per heavy atom. The maximum Gasteiger partial charge on any atom is 0.0998 e. The Labute approximate surface area is 387 Å². The molecule has 12 aromatic rings. The molecule has 0 aliphatic carbocycles. The molecule has 4 heterocycles. The van der Waals surface area contributed by atoms with Crippen LogP contribution >= 0.6 is 0 Å². The van der Waals surface area contributed by atoms with Crippen molar-refractivity contribution >= 4 is 43.6 Å². The number of fused-ring (bicyclic) bond motifs is 6. The van der Waals surface area contributed by atoms with Crippen LogP contribution in [0, 0.1) is 29.6 Å². The molecule has 0 atom stereocenters. The van der Waals surface area contributed by atoms with Gasteiger partial charge in [-0.05, 0) is 89.8 Å². The molecule has 0 aliphatic rings. The smallest absolute Gasteiger partial charge is 0.0998 e. The van der Waals surface area contributed by atoms with Gasteiger partial charge in [0.15, 0.2) is 0 Å². The minimum absolute atomic E-state index is 0.502. The molecule has 0 amide bonds. The van der Waals surface area contributed by atoms with Gasteiger partial charge in [0.25, 0.3) is 0 Å². The molecule has 8 aromatic carbocycles. The van der Waals surface area contributed by atoms with Crippen LogP contribution in [0.1, 0.15) is 16.7 Å². The van der Waals surface area contributed by atoms with Crippen LogP contribution in [-0.4, -0.2) is 19.1 Å². The number of pyridine rings is 2. The van der Waals surface area contributed by atoms with E-state index in [4.69, 9.17) is 9.97 Å². The van der Waals surface area contributed by atoms with Crippen LogP contribution in [0.2, 0.25) is 0 Å². The molecule has 6 heteroatoms. The molecule has 67 heavy (non-hydrogen) atoms. The molecule has 0 fully saturated rings. The van der Waals surface area contributed by atoms with Crippen molar-refractivity contribution in [1.29, 1.82) is 10.5 Å². The van der Waals surface area contributed by atoms with E-state index in [0.717, 1.165) is 116 Å². The van der Waals surface area contributed by atoms with E-state index in [1.807, 2.05) is 73.9 Å². The molecule has 0 N–H and O–H groups in total. The molecule has 0 unspecified atom stereocenters. The highest BCUT2D eigenvalue weighted by molar-refractivity contribution is 6.13. The number of benzene rings is 8. The Bertz CT molecular complexity index is 3980. The number of hydrogen-bond donors (Lipinski definition) is 0. The number of aromatic nitrogens is 4. The maximum absolute atomic E-state index is 11.1. The van der Waals surface area contributed by atoms with Gasteiger partial charge in [0.2, 0.25) is 0 Å². The lowest BCUT2D eigenvalue weighted by Gasteiger charge is -2.20. The first-order valence-electron chi connectivity index (χ1n) is 22.2. The first-order valence-corrected chi connectivity index (χ1v) is 22.2. The van der Waals surface area contributed by atoms with Crippen molar-refractivity contribution < 1.29 is 0 Å². The molecular formula is C61H38N6. The third-order valence-corrected chi connectivity index (χ3v) is 12.9. The Balaban J connectivity index is 1.13. The van der Waals surface area contributed by atoms with Crippen molar-refractivity contribution in [3.05, 3.63) is 229 Å². The monoisotopic (exact) mass is 854 g/mol. The van der Waals surface area contributed by atoms with Crippen LogP contribution in [0.3, 0.4) is 0 Å². The van der Waals surface area contributed by atoms with Crippen LogP contribution < -0.4 is 0 Å². The van der Waals surface area contributed by atoms with Gasteiger partial charge >= 0.3 is 0 Å². The van der Waals surface area contributed by atoms with Crippen LogP contribution in [0.25, 0.3) is 111 Å². The zero-order valence-electron chi connectivity index (χ0n) is 36.4. The number of hydrogen-bond acceptors (Lipinski definition) is 4. The average molecular weight is 855 g/mol. The highest BCUT2D eigenvalue weighted by Crippen LogP contribution is 2.43. The fourth-order valence-corrected chi connectivity index (χ4v) is 9.78. The SMILES string of the molecule is Cc1cc(C#N)cc(-c2cc(-n3c4ccccc4c4ccc(-c5ccc(-c6ccccc6)nc5)cc43)c(-n3c4ccccc4c4ccc(-c5ccc(-c6ccccc6)nc5)cc43)cc2C#N)c1. The van der Waals surface area contributed by atoms with E-state index < -0.39 is 0 Å². The Kier molecular flexibility index (Phi) is 9.38.